The third-order valence-corrected chi connectivity index (χ3v) is 3.85. The van der Waals surface area contributed by atoms with Crippen molar-refractivity contribution >= 4 is 40.2 Å². The van der Waals surface area contributed by atoms with Gasteiger partial charge in [0, 0.05) is 21.0 Å². The summed E-state index contributed by atoms with van der Waals surface area (Å²) in [5.41, 5.74) is 0.662. The molecule has 0 aliphatic rings. The number of rotatable bonds is 4. The van der Waals surface area contributed by atoms with Crippen LogP contribution in [-0.2, 0) is 11.4 Å². The highest BCUT2D eigenvalue weighted by atomic mass is 35.5. The number of nitrogens with zero attached hydrogens (tertiary/aromatic N) is 1. The number of halogens is 2. The Morgan fingerprint density at radius 1 is 1.05 bits per heavy atom. The highest BCUT2D eigenvalue weighted by Gasteiger charge is 2.10. The lowest BCUT2D eigenvalue weighted by Crippen LogP contribution is -1.90. The van der Waals surface area contributed by atoms with Gasteiger partial charge >= 0.3 is 0 Å². The Labute approximate surface area is 136 Å². The summed E-state index contributed by atoms with van der Waals surface area (Å²) in [6, 6.07) is 12.5. The van der Waals surface area contributed by atoms with Crippen LogP contribution in [0.1, 0.15) is 11.3 Å². The first-order chi connectivity index (χ1) is 10.7. The molecule has 3 aromatic rings. The van der Waals surface area contributed by atoms with Crippen LogP contribution in [0.25, 0.3) is 10.8 Å². The fourth-order valence-corrected chi connectivity index (χ4v) is 2.56. The number of oxime groups is 1. The van der Waals surface area contributed by atoms with Gasteiger partial charge in [-0.05, 0) is 18.2 Å². The molecular formula is C16H11Cl2NO3. The molecule has 1 heterocycles. The monoisotopic (exact) mass is 335 g/mol. The van der Waals surface area contributed by atoms with Crippen LogP contribution in [0.15, 0.2) is 52.0 Å². The molecule has 0 aliphatic carbocycles. The summed E-state index contributed by atoms with van der Waals surface area (Å²) in [5.74, 6) is 0.268. The minimum absolute atomic E-state index is 0.139. The standard InChI is InChI=1S/C16H11Cl2NO3/c17-13-6-3-7-14(18)12(13)9-21-19-8-15-10-4-1-2-5-11(10)16(20)22-15/h1-8,20H,9H2. The number of hydrogen-bond acceptors (Lipinski definition) is 4. The fourth-order valence-electron chi connectivity index (χ4n) is 2.05. The van der Waals surface area contributed by atoms with Gasteiger partial charge in [0.2, 0.25) is 0 Å². The Morgan fingerprint density at radius 2 is 1.73 bits per heavy atom. The maximum Gasteiger partial charge on any atom is 0.290 e. The van der Waals surface area contributed by atoms with E-state index in [1.807, 2.05) is 18.2 Å². The third kappa shape index (κ3) is 2.89. The summed E-state index contributed by atoms with van der Waals surface area (Å²) in [6.07, 6.45) is 1.40. The van der Waals surface area contributed by atoms with Gasteiger partial charge in [0.05, 0.1) is 5.39 Å². The smallest absolute Gasteiger partial charge is 0.290 e. The van der Waals surface area contributed by atoms with E-state index < -0.39 is 0 Å². The first-order valence-corrected chi connectivity index (χ1v) is 7.21. The molecule has 0 atom stereocenters. The molecular weight excluding hydrogens is 325 g/mol. The molecule has 1 aromatic heterocycles. The Bertz CT molecular complexity index is 822. The molecule has 6 heteroatoms. The number of hydrogen-bond donors (Lipinski definition) is 1. The zero-order valence-electron chi connectivity index (χ0n) is 11.3. The van der Waals surface area contributed by atoms with Crippen molar-refractivity contribution in [2.45, 2.75) is 6.61 Å². The van der Waals surface area contributed by atoms with Gasteiger partial charge in [0.15, 0.2) is 5.76 Å². The van der Waals surface area contributed by atoms with Crippen LogP contribution in [0.5, 0.6) is 5.95 Å². The van der Waals surface area contributed by atoms with Crippen LogP contribution < -0.4 is 0 Å². The molecule has 0 unspecified atom stereocenters. The molecule has 3 rings (SSSR count). The number of benzene rings is 2. The van der Waals surface area contributed by atoms with E-state index in [1.165, 1.54) is 6.21 Å². The first-order valence-electron chi connectivity index (χ1n) is 6.45. The van der Waals surface area contributed by atoms with Crippen molar-refractivity contribution in [2.24, 2.45) is 5.16 Å². The Morgan fingerprint density at radius 3 is 2.45 bits per heavy atom. The van der Waals surface area contributed by atoms with Gasteiger partial charge in [0.25, 0.3) is 5.95 Å². The average Bonchev–Trinajstić information content (AvgIpc) is 2.83. The van der Waals surface area contributed by atoms with E-state index in [1.54, 1.807) is 24.3 Å². The minimum atomic E-state index is -0.147. The van der Waals surface area contributed by atoms with E-state index >= 15 is 0 Å². The van der Waals surface area contributed by atoms with E-state index in [2.05, 4.69) is 5.16 Å². The Hall–Kier alpha value is -2.17. The summed E-state index contributed by atoms with van der Waals surface area (Å²) in [5, 5.41) is 15.9. The van der Waals surface area contributed by atoms with Crippen LogP contribution in [0.4, 0.5) is 0 Å². The minimum Gasteiger partial charge on any atom is -0.480 e. The number of fused-ring (bicyclic) bond motifs is 1. The van der Waals surface area contributed by atoms with Gasteiger partial charge in [-0.25, -0.2) is 0 Å². The molecule has 0 saturated carbocycles. The molecule has 0 saturated heterocycles. The molecule has 0 spiro atoms. The van der Waals surface area contributed by atoms with Gasteiger partial charge < -0.3 is 14.4 Å². The quantitative estimate of drug-likeness (QED) is 0.539. The maximum atomic E-state index is 9.70. The second-order valence-corrected chi connectivity index (χ2v) is 5.34. The van der Waals surface area contributed by atoms with E-state index in [0.717, 1.165) is 5.39 Å². The van der Waals surface area contributed by atoms with Gasteiger partial charge in [0.1, 0.15) is 12.8 Å². The second-order valence-electron chi connectivity index (χ2n) is 4.53. The van der Waals surface area contributed by atoms with Crippen LogP contribution in [0.3, 0.4) is 0 Å². The van der Waals surface area contributed by atoms with E-state index in [4.69, 9.17) is 32.5 Å². The summed E-state index contributed by atoms with van der Waals surface area (Å²) in [6.45, 7) is 0.139. The van der Waals surface area contributed by atoms with Crippen LogP contribution in [-0.4, -0.2) is 11.3 Å². The van der Waals surface area contributed by atoms with Gasteiger partial charge in [-0.15, -0.1) is 0 Å². The largest absolute Gasteiger partial charge is 0.480 e. The predicted octanol–water partition coefficient (Wildman–Crippen LogP) is 5.00. The highest BCUT2D eigenvalue weighted by Crippen LogP contribution is 2.30. The van der Waals surface area contributed by atoms with Crippen molar-refractivity contribution in [3.63, 3.8) is 0 Å². The lowest BCUT2D eigenvalue weighted by Gasteiger charge is -2.04. The molecule has 0 fully saturated rings. The van der Waals surface area contributed by atoms with Crippen LogP contribution >= 0.6 is 23.2 Å². The average molecular weight is 336 g/mol. The zero-order valence-corrected chi connectivity index (χ0v) is 12.8. The van der Waals surface area contributed by atoms with Crippen molar-refractivity contribution in [1.29, 1.82) is 0 Å². The topological polar surface area (TPSA) is 55.0 Å². The summed E-state index contributed by atoms with van der Waals surface area (Å²) in [4.78, 5) is 5.20. The maximum absolute atomic E-state index is 9.70. The summed E-state index contributed by atoms with van der Waals surface area (Å²) >= 11 is 12.1. The lowest BCUT2D eigenvalue weighted by atomic mass is 10.2. The molecule has 112 valence electrons. The normalized spacial score (nSPS) is 11.4. The van der Waals surface area contributed by atoms with E-state index in [9.17, 15) is 5.11 Å². The first kappa shape index (κ1) is 14.8. The Kier molecular flexibility index (Phi) is 4.22. The van der Waals surface area contributed by atoms with E-state index in [0.29, 0.717) is 26.8 Å². The fraction of sp³-hybridized carbons (Fsp3) is 0.0625. The molecule has 2 aromatic carbocycles. The lowest BCUT2D eigenvalue weighted by molar-refractivity contribution is 0.132. The molecule has 1 N–H and O–H groups in total. The molecule has 0 radical (unpaired) electrons. The molecule has 4 nitrogen and oxygen atoms in total. The summed E-state index contributed by atoms with van der Waals surface area (Å²) < 4.78 is 5.24. The van der Waals surface area contributed by atoms with Crippen LogP contribution in [0.2, 0.25) is 10.0 Å². The zero-order chi connectivity index (χ0) is 15.5. The Balaban J connectivity index is 1.75. The van der Waals surface area contributed by atoms with Crippen molar-refractivity contribution < 1.29 is 14.4 Å². The van der Waals surface area contributed by atoms with Gasteiger partial charge in [-0.3, -0.25) is 0 Å². The molecule has 0 amide bonds. The predicted molar refractivity (Wildman–Crippen MR) is 86.7 cm³/mol. The van der Waals surface area contributed by atoms with Crippen molar-refractivity contribution in [1.82, 2.24) is 0 Å². The number of aromatic hydroxyl groups is 1. The third-order valence-electron chi connectivity index (χ3n) is 3.14. The molecule has 22 heavy (non-hydrogen) atoms. The van der Waals surface area contributed by atoms with Crippen LogP contribution in [0, 0.1) is 0 Å². The number of furan rings is 1. The van der Waals surface area contributed by atoms with Gasteiger partial charge in [-0.2, -0.15) is 0 Å². The molecule has 0 aliphatic heterocycles. The van der Waals surface area contributed by atoms with Gasteiger partial charge in [-0.1, -0.05) is 52.6 Å². The van der Waals surface area contributed by atoms with Crippen molar-refractivity contribution in [3.8, 4) is 5.95 Å². The SMILES string of the molecule is Oc1oc(C=NOCc2c(Cl)cccc2Cl)c2ccccc12. The van der Waals surface area contributed by atoms with E-state index in [-0.39, 0.29) is 12.6 Å². The van der Waals surface area contributed by atoms with Crippen molar-refractivity contribution in [3.05, 3.63) is 63.8 Å². The summed E-state index contributed by atoms with van der Waals surface area (Å²) in [7, 11) is 0. The van der Waals surface area contributed by atoms with Crippen molar-refractivity contribution in [2.75, 3.05) is 0 Å². The molecule has 0 bridgehead atoms. The highest BCUT2D eigenvalue weighted by molar-refractivity contribution is 6.35. The second kappa shape index (κ2) is 6.30.